The number of hydrogen-bond donors (Lipinski definition) is 4. The first-order valence-electron chi connectivity index (χ1n) is 9.03. The average Bonchev–Trinajstić information content (AvgIpc) is 2.44. The van der Waals surface area contributed by atoms with E-state index in [1.165, 1.54) is 0 Å². The lowest BCUT2D eigenvalue weighted by Crippen LogP contribution is -2.35. The van der Waals surface area contributed by atoms with Gasteiger partial charge in [0.15, 0.2) is 0 Å². The van der Waals surface area contributed by atoms with Crippen LogP contribution in [0.4, 0.5) is 0 Å². The topological polar surface area (TPSA) is 161 Å². The summed E-state index contributed by atoms with van der Waals surface area (Å²) in [4.78, 5) is 0. The van der Waals surface area contributed by atoms with Gasteiger partial charge in [-0.05, 0) is 66.2 Å². The first-order valence-corrected chi connectivity index (χ1v) is 12.2. The highest BCUT2D eigenvalue weighted by Gasteiger charge is 2.28. The molecular weight excluding hydrogens is 404 g/mol. The van der Waals surface area contributed by atoms with Crippen LogP contribution >= 0.6 is 0 Å². The van der Waals surface area contributed by atoms with Crippen LogP contribution in [0.1, 0.15) is 66.2 Å². The van der Waals surface area contributed by atoms with Crippen molar-refractivity contribution in [3.63, 3.8) is 0 Å². The number of nitrogens with two attached hydrogens (primary N) is 2. The Balaban J connectivity index is 0. The van der Waals surface area contributed by atoms with Gasteiger partial charge < -0.3 is 10.2 Å². The number of rotatable bonds is 12. The molecule has 0 aliphatic rings. The Morgan fingerprint density at radius 3 is 1.18 bits per heavy atom. The summed E-state index contributed by atoms with van der Waals surface area (Å²) in [7, 11) is -7.16. The standard InChI is InChI=1S/2C9H19NO3S/c2*1-4-5-6-8(14(10,12)13)7-9(2,3)11/h2*4,8,11H,1,5-7H2,2-3H3,(H2,10,12,13)/t2*8-/m10/s1. The molecule has 0 rings (SSSR count). The van der Waals surface area contributed by atoms with E-state index in [4.69, 9.17) is 10.3 Å². The Kier molecular flexibility index (Phi) is 12.6. The molecule has 0 aromatic heterocycles. The lowest BCUT2D eigenvalue weighted by Gasteiger charge is -2.23. The Hall–Kier alpha value is -0.780. The molecule has 0 heterocycles. The summed E-state index contributed by atoms with van der Waals surface area (Å²) in [6.45, 7) is 13.3. The van der Waals surface area contributed by atoms with E-state index in [1.54, 1.807) is 39.8 Å². The fourth-order valence-electron chi connectivity index (χ4n) is 2.49. The van der Waals surface area contributed by atoms with Crippen LogP contribution in [0.3, 0.4) is 0 Å². The van der Waals surface area contributed by atoms with Crippen LogP contribution in [0.15, 0.2) is 25.3 Å². The molecule has 0 amide bonds. The van der Waals surface area contributed by atoms with Crippen LogP contribution in [0, 0.1) is 0 Å². The predicted octanol–water partition coefficient (Wildman–Crippen LogP) is 1.54. The second kappa shape index (κ2) is 12.0. The number of allylic oxidation sites excluding steroid dienone is 2. The highest BCUT2D eigenvalue weighted by Crippen LogP contribution is 2.20. The van der Waals surface area contributed by atoms with Crippen molar-refractivity contribution in [2.24, 2.45) is 10.3 Å². The van der Waals surface area contributed by atoms with Crippen LogP contribution in [-0.4, -0.2) is 48.8 Å². The molecule has 0 radical (unpaired) electrons. The van der Waals surface area contributed by atoms with Crippen molar-refractivity contribution >= 4 is 20.0 Å². The largest absolute Gasteiger partial charge is 0.390 e. The van der Waals surface area contributed by atoms with E-state index in [-0.39, 0.29) is 12.8 Å². The zero-order chi connectivity index (χ0) is 22.8. The van der Waals surface area contributed by atoms with Gasteiger partial charge in [0, 0.05) is 0 Å². The molecule has 0 saturated carbocycles. The van der Waals surface area contributed by atoms with Gasteiger partial charge >= 0.3 is 0 Å². The fraction of sp³-hybridized carbons (Fsp3) is 0.778. The van der Waals surface area contributed by atoms with Crippen molar-refractivity contribution in [2.75, 3.05) is 0 Å². The van der Waals surface area contributed by atoms with Crippen molar-refractivity contribution in [3.8, 4) is 0 Å². The summed E-state index contributed by atoms with van der Waals surface area (Å²) in [5, 5.41) is 27.7. The molecule has 168 valence electrons. The molecule has 10 heteroatoms. The maximum absolute atomic E-state index is 11.1. The monoisotopic (exact) mass is 442 g/mol. The van der Waals surface area contributed by atoms with Crippen molar-refractivity contribution in [1.29, 1.82) is 0 Å². The molecule has 6 N–H and O–H groups in total. The molecule has 0 bridgehead atoms. The van der Waals surface area contributed by atoms with Gasteiger partial charge in [0.05, 0.1) is 21.7 Å². The van der Waals surface area contributed by atoms with Crippen molar-refractivity contribution in [2.45, 2.75) is 87.9 Å². The summed E-state index contributed by atoms with van der Waals surface area (Å²) in [5.74, 6) is 0. The maximum Gasteiger partial charge on any atom is 0.212 e. The lowest BCUT2D eigenvalue weighted by atomic mass is 10.0. The minimum atomic E-state index is -3.58. The minimum Gasteiger partial charge on any atom is -0.390 e. The molecule has 0 aromatic carbocycles. The Morgan fingerprint density at radius 1 is 0.786 bits per heavy atom. The highest BCUT2D eigenvalue weighted by molar-refractivity contribution is 7.90. The highest BCUT2D eigenvalue weighted by atomic mass is 32.2. The molecule has 8 nitrogen and oxygen atoms in total. The van der Waals surface area contributed by atoms with E-state index in [0.717, 1.165) is 0 Å². The van der Waals surface area contributed by atoms with E-state index in [9.17, 15) is 27.0 Å². The number of primary sulfonamides is 2. The third kappa shape index (κ3) is 17.3. The molecule has 28 heavy (non-hydrogen) atoms. The second-order valence-corrected chi connectivity index (χ2v) is 11.9. The first kappa shape index (κ1) is 29.4. The van der Waals surface area contributed by atoms with Crippen LogP contribution in [0.5, 0.6) is 0 Å². The number of aliphatic hydroxyl groups is 2. The lowest BCUT2D eigenvalue weighted by molar-refractivity contribution is 0.0686. The van der Waals surface area contributed by atoms with E-state index < -0.39 is 41.7 Å². The SMILES string of the molecule is C=CCC[C@@H](CC(C)(C)O)S(N)(=O)=O.C=CCC[C@H](CC(C)(C)O)S(N)(=O)=O. The molecule has 2 atom stereocenters. The van der Waals surface area contributed by atoms with Crippen molar-refractivity contribution in [3.05, 3.63) is 25.3 Å². The summed E-state index contributed by atoms with van der Waals surface area (Å²) < 4.78 is 44.6. The molecule has 0 unspecified atom stereocenters. The zero-order valence-electron chi connectivity index (χ0n) is 17.5. The number of sulfonamides is 2. The molecular formula is C18H38N2O6S2. The third-order valence-electron chi connectivity index (χ3n) is 3.77. The zero-order valence-corrected chi connectivity index (χ0v) is 19.1. The molecule has 0 aliphatic heterocycles. The van der Waals surface area contributed by atoms with Gasteiger partial charge in [-0.1, -0.05) is 12.2 Å². The van der Waals surface area contributed by atoms with Crippen molar-refractivity contribution in [1.82, 2.24) is 0 Å². The smallest absolute Gasteiger partial charge is 0.212 e. The van der Waals surface area contributed by atoms with Gasteiger partial charge in [0.2, 0.25) is 20.0 Å². The Bertz CT molecular complexity index is 614. The normalized spacial score (nSPS) is 15.1. The third-order valence-corrected chi connectivity index (χ3v) is 6.43. The van der Waals surface area contributed by atoms with Crippen LogP contribution in [-0.2, 0) is 20.0 Å². The number of hydrogen-bond acceptors (Lipinski definition) is 6. The van der Waals surface area contributed by atoms with E-state index >= 15 is 0 Å². The van der Waals surface area contributed by atoms with Gasteiger partial charge in [-0.2, -0.15) is 0 Å². The fourth-order valence-corrected chi connectivity index (χ4v) is 4.70. The summed E-state index contributed by atoms with van der Waals surface area (Å²) in [6.07, 6.45) is 5.57. The van der Waals surface area contributed by atoms with Gasteiger partial charge in [0.1, 0.15) is 0 Å². The van der Waals surface area contributed by atoms with Gasteiger partial charge in [-0.3, -0.25) is 0 Å². The average molecular weight is 443 g/mol. The van der Waals surface area contributed by atoms with Crippen LogP contribution in [0.25, 0.3) is 0 Å². The summed E-state index contributed by atoms with van der Waals surface area (Å²) in [5.41, 5.74) is -2.03. The van der Waals surface area contributed by atoms with Crippen LogP contribution < -0.4 is 10.3 Å². The van der Waals surface area contributed by atoms with Crippen molar-refractivity contribution < 1.29 is 27.0 Å². The molecule has 0 spiro atoms. The van der Waals surface area contributed by atoms with Gasteiger partial charge in [-0.25, -0.2) is 27.1 Å². The summed E-state index contributed by atoms with van der Waals surface area (Å²) >= 11 is 0. The van der Waals surface area contributed by atoms with E-state index in [0.29, 0.717) is 25.7 Å². The molecule has 0 fully saturated rings. The quantitative estimate of drug-likeness (QED) is 0.335. The van der Waals surface area contributed by atoms with E-state index in [2.05, 4.69) is 13.2 Å². The summed E-state index contributed by atoms with van der Waals surface area (Å²) in [6, 6.07) is 0. The maximum atomic E-state index is 11.1. The predicted molar refractivity (Wildman–Crippen MR) is 114 cm³/mol. The van der Waals surface area contributed by atoms with E-state index in [1.807, 2.05) is 0 Å². The molecule has 0 aromatic rings. The molecule has 0 saturated heterocycles. The second-order valence-electron chi connectivity index (χ2n) is 8.19. The van der Waals surface area contributed by atoms with Crippen LogP contribution in [0.2, 0.25) is 0 Å². The Morgan fingerprint density at radius 2 is 1.04 bits per heavy atom. The minimum absolute atomic E-state index is 0.152. The Labute approximate surface area is 170 Å². The first-order chi connectivity index (χ1) is 12.3. The molecule has 0 aliphatic carbocycles. The van der Waals surface area contributed by atoms with Gasteiger partial charge in [-0.15, -0.1) is 13.2 Å². The van der Waals surface area contributed by atoms with Gasteiger partial charge in [0.25, 0.3) is 0 Å².